The zero-order valence-electron chi connectivity index (χ0n) is 14.8. The molecule has 0 radical (unpaired) electrons. The molecule has 0 spiro atoms. The molecule has 0 aliphatic carbocycles. The van der Waals surface area contributed by atoms with E-state index in [4.69, 9.17) is 23.2 Å². The number of aromatic amines is 2. The standard InChI is InChI=1S/C16H23N.C3H2Cl2N2.BrH/c1-3-4-5-8-11-17-13-14(2)12-15-9-6-7-10-16(15)17;4-2-3(5)7-1-6-2;/h6-7,9-10,12H,3-5,8,11,13H2,1-2H3;1H,(H,6,7);1H. The van der Waals surface area contributed by atoms with E-state index in [0.717, 1.165) is 6.54 Å². The number of unbranched alkanes of at least 4 members (excludes halogenated alkanes) is 3. The van der Waals surface area contributed by atoms with Gasteiger partial charge in [-0.2, -0.15) is 0 Å². The predicted molar refractivity (Wildman–Crippen MR) is 104 cm³/mol. The molecule has 0 unspecified atom stereocenters. The van der Waals surface area contributed by atoms with E-state index in [9.17, 15) is 0 Å². The molecule has 1 aromatic heterocycles. The van der Waals surface area contributed by atoms with Crippen molar-refractivity contribution in [3.05, 3.63) is 52.0 Å². The second-order valence-corrected chi connectivity index (χ2v) is 6.85. The lowest BCUT2D eigenvalue weighted by molar-refractivity contribution is -0.373. The van der Waals surface area contributed by atoms with Gasteiger partial charge in [0, 0.05) is 18.8 Å². The Balaban J connectivity index is 0.000000330. The first-order chi connectivity index (χ1) is 11.6. The molecule has 138 valence electrons. The third-order valence-corrected chi connectivity index (χ3v) is 4.68. The largest absolute Gasteiger partial charge is 1.00 e. The summed E-state index contributed by atoms with van der Waals surface area (Å²) < 4.78 is 0. The van der Waals surface area contributed by atoms with Gasteiger partial charge in [-0.3, -0.25) is 0 Å². The minimum atomic E-state index is 0. The van der Waals surface area contributed by atoms with Crippen LogP contribution in [0.3, 0.4) is 0 Å². The normalized spacial score (nSPS) is 12.5. The van der Waals surface area contributed by atoms with Gasteiger partial charge in [0.1, 0.15) is 0 Å². The molecule has 3 nitrogen and oxygen atoms in total. The molecule has 0 saturated heterocycles. The number of anilines is 1. The van der Waals surface area contributed by atoms with Gasteiger partial charge >= 0.3 is 0 Å². The Bertz CT molecular complexity index is 654. The molecule has 0 saturated carbocycles. The maximum Gasteiger partial charge on any atom is 0.252 e. The lowest BCUT2D eigenvalue weighted by atomic mass is 10.0. The van der Waals surface area contributed by atoms with Crippen molar-refractivity contribution in [3.8, 4) is 0 Å². The molecular weight excluding hydrogens is 421 g/mol. The van der Waals surface area contributed by atoms with E-state index in [0.29, 0.717) is 10.3 Å². The smallest absolute Gasteiger partial charge is 0.252 e. The molecule has 3 rings (SSSR count). The average molecular weight is 447 g/mol. The molecule has 2 N–H and O–H groups in total. The van der Waals surface area contributed by atoms with E-state index in [-0.39, 0.29) is 17.0 Å². The fraction of sp³-hybridized carbons (Fsp3) is 0.421. The van der Waals surface area contributed by atoms with Crippen LogP contribution in [0.4, 0.5) is 5.69 Å². The monoisotopic (exact) mass is 445 g/mol. The van der Waals surface area contributed by atoms with Crippen molar-refractivity contribution in [2.24, 2.45) is 0 Å². The summed E-state index contributed by atoms with van der Waals surface area (Å²) in [6, 6.07) is 8.74. The summed E-state index contributed by atoms with van der Waals surface area (Å²) in [7, 11) is 0. The van der Waals surface area contributed by atoms with Gasteiger partial charge in [-0.05, 0) is 48.2 Å². The Kier molecular flexibility index (Phi) is 10.2. The Morgan fingerprint density at radius 2 is 1.92 bits per heavy atom. The Hall–Kier alpha value is -0.970. The number of aromatic nitrogens is 2. The Labute approximate surface area is 171 Å². The first-order valence-corrected chi connectivity index (χ1v) is 9.28. The van der Waals surface area contributed by atoms with E-state index >= 15 is 0 Å². The number of imidazole rings is 1. The van der Waals surface area contributed by atoms with Gasteiger partial charge < -0.3 is 21.9 Å². The molecule has 25 heavy (non-hydrogen) atoms. The highest BCUT2D eigenvalue weighted by molar-refractivity contribution is 6.39. The summed E-state index contributed by atoms with van der Waals surface area (Å²) in [5, 5.41) is 0.892. The van der Waals surface area contributed by atoms with Crippen molar-refractivity contribution >= 4 is 35.0 Å². The summed E-state index contributed by atoms with van der Waals surface area (Å²) in [4.78, 5) is 7.82. The number of hydrogen-bond acceptors (Lipinski definition) is 1. The fourth-order valence-electron chi connectivity index (χ4n) is 2.81. The van der Waals surface area contributed by atoms with Crippen LogP contribution in [0.25, 0.3) is 6.08 Å². The SMILES string of the molecule is CCCCCCN1CC(C)=Cc2ccccc21.Clc1[nH]c[nH+]c1Cl.[Br-]. The number of halogens is 3. The van der Waals surface area contributed by atoms with Crippen molar-refractivity contribution in [1.29, 1.82) is 0 Å². The molecule has 1 aromatic carbocycles. The molecule has 1 aliphatic rings. The van der Waals surface area contributed by atoms with Crippen LogP contribution in [0.15, 0.2) is 36.2 Å². The van der Waals surface area contributed by atoms with E-state index in [1.54, 1.807) is 6.33 Å². The number of hydrogen-bond donors (Lipinski definition) is 1. The summed E-state index contributed by atoms with van der Waals surface area (Å²) in [5.74, 6) is 0. The van der Waals surface area contributed by atoms with Crippen LogP contribution in [0.1, 0.15) is 45.1 Å². The minimum absolute atomic E-state index is 0. The van der Waals surface area contributed by atoms with Crippen LogP contribution < -0.4 is 26.9 Å². The molecule has 0 bridgehead atoms. The highest BCUT2D eigenvalue weighted by Crippen LogP contribution is 2.28. The molecule has 0 amide bonds. The van der Waals surface area contributed by atoms with Gasteiger partial charge in [0.05, 0.1) is 0 Å². The van der Waals surface area contributed by atoms with E-state index in [1.165, 1.54) is 49.1 Å². The van der Waals surface area contributed by atoms with Crippen molar-refractivity contribution in [2.75, 3.05) is 18.0 Å². The Morgan fingerprint density at radius 1 is 1.16 bits per heavy atom. The predicted octanol–water partition coefficient (Wildman–Crippen LogP) is 2.63. The highest BCUT2D eigenvalue weighted by atomic mass is 79.9. The molecule has 2 heterocycles. The average Bonchev–Trinajstić information content (AvgIpc) is 2.95. The molecule has 0 fully saturated rings. The quantitative estimate of drug-likeness (QED) is 0.703. The third kappa shape index (κ3) is 7.04. The van der Waals surface area contributed by atoms with Crippen molar-refractivity contribution < 1.29 is 22.0 Å². The number of fused-ring (bicyclic) bond motifs is 1. The number of H-pyrrole nitrogens is 2. The summed E-state index contributed by atoms with van der Waals surface area (Å²) in [6.07, 6.45) is 9.23. The van der Waals surface area contributed by atoms with Crippen LogP contribution >= 0.6 is 23.2 Å². The van der Waals surface area contributed by atoms with Crippen molar-refractivity contribution in [1.82, 2.24) is 4.98 Å². The molecule has 1 aliphatic heterocycles. The maximum atomic E-state index is 5.41. The van der Waals surface area contributed by atoms with Gasteiger partial charge in [0.2, 0.25) is 6.33 Å². The lowest BCUT2D eigenvalue weighted by Crippen LogP contribution is -3.00. The van der Waals surface area contributed by atoms with Gasteiger partial charge in [-0.1, -0.05) is 56.0 Å². The topological polar surface area (TPSA) is 33.2 Å². The highest BCUT2D eigenvalue weighted by Gasteiger charge is 2.14. The summed E-state index contributed by atoms with van der Waals surface area (Å²) >= 11 is 10.8. The Morgan fingerprint density at radius 3 is 2.52 bits per heavy atom. The van der Waals surface area contributed by atoms with Crippen molar-refractivity contribution in [2.45, 2.75) is 39.5 Å². The van der Waals surface area contributed by atoms with Crippen LogP contribution in [-0.4, -0.2) is 18.1 Å². The number of nitrogens with zero attached hydrogens (tertiary/aromatic N) is 1. The van der Waals surface area contributed by atoms with E-state index in [2.05, 4.69) is 59.1 Å². The number of para-hydroxylation sites is 1. The van der Waals surface area contributed by atoms with Crippen LogP contribution in [0.5, 0.6) is 0 Å². The fourth-order valence-corrected chi connectivity index (χ4v) is 3.03. The van der Waals surface area contributed by atoms with Crippen LogP contribution in [0, 0.1) is 0 Å². The van der Waals surface area contributed by atoms with Crippen LogP contribution in [-0.2, 0) is 0 Å². The minimum Gasteiger partial charge on any atom is -1.00 e. The second-order valence-electron chi connectivity index (χ2n) is 6.09. The van der Waals surface area contributed by atoms with Gasteiger partial charge in [0.15, 0.2) is 0 Å². The third-order valence-electron chi connectivity index (χ3n) is 3.99. The van der Waals surface area contributed by atoms with Gasteiger partial charge in [-0.25, -0.2) is 9.97 Å². The summed E-state index contributed by atoms with van der Waals surface area (Å²) in [6.45, 7) is 6.80. The molecular formula is C19H26BrCl2N3. The van der Waals surface area contributed by atoms with E-state index in [1.807, 2.05) is 0 Å². The van der Waals surface area contributed by atoms with E-state index < -0.39 is 0 Å². The van der Waals surface area contributed by atoms with Gasteiger partial charge in [-0.15, -0.1) is 0 Å². The summed E-state index contributed by atoms with van der Waals surface area (Å²) in [5.41, 5.74) is 4.26. The molecule has 6 heteroatoms. The zero-order valence-corrected chi connectivity index (χ0v) is 17.9. The second kappa shape index (κ2) is 11.6. The van der Waals surface area contributed by atoms with Gasteiger partial charge in [0.25, 0.3) is 10.3 Å². The molecule has 2 aromatic rings. The number of rotatable bonds is 5. The molecule has 0 atom stereocenters. The van der Waals surface area contributed by atoms with Crippen LogP contribution in [0.2, 0.25) is 10.3 Å². The number of benzene rings is 1. The lowest BCUT2D eigenvalue weighted by Gasteiger charge is -2.30. The number of nitrogens with one attached hydrogen (secondary N) is 2. The maximum absolute atomic E-state index is 5.41. The first kappa shape index (κ1) is 22.1. The zero-order chi connectivity index (χ0) is 17.4. The van der Waals surface area contributed by atoms with Crippen molar-refractivity contribution in [3.63, 3.8) is 0 Å². The first-order valence-electron chi connectivity index (χ1n) is 8.53.